The van der Waals surface area contributed by atoms with Crippen molar-refractivity contribution in [1.82, 2.24) is 15.1 Å². The van der Waals surface area contributed by atoms with Crippen molar-refractivity contribution in [3.8, 4) is 5.69 Å². The van der Waals surface area contributed by atoms with E-state index < -0.39 is 47.0 Å². The molecule has 180 valence electrons. The van der Waals surface area contributed by atoms with Crippen LogP contribution in [-0.4, -0.2) is 46.0 Å². The summed E-state index contributed by atoms with van der Waals surface area (Å²) in [5.74, 6) is -1.69. The second-order valence-corrected chi connectivity index (χ2v) is 7.94. The highest BCUT2D eigenvalue weighted by atomic mass is 19.4. The molecule has 0 fully saturated rings. The van der Waals surface area contributed by atoms with Gasteiger partial charge in [-0.3, -0.25) is 4.79 Å². The number of benzene rings is 1. The van der Waals surface area contributed by atoms with E-state index in [9.17, 15) is 27.6 Å². The van der Waals surface area contributed by atoms with Crippen molar-refractivity contribution in [1.29, 1.82) is 0 Å². The van der Waals surface area contributed by atoms with Crippen molar-refractivity contribution in [2.24, 2.45) is 0 Å². The number of rotatable bonds is 6. The summed E-state index contributed by atoms with van der Waals surface area (Å²) in [5, 5.41) is 8.61. The number of nitrogens with zero attached hydrogens (tertiary/aromatic N) is 2. The molecule has 1 atom stereocenters. The molecule has 9 nitrogen and oxygen atoms in total. The summed E-state index contributed by atoms with van der Waals surface area (Å²) < 4.78 is 51.1. The van der Waals surface area contributed by atoms with E-state index in [2.05, 4.69) is 20.5 Å². The maximum absolute atomic E-state index is 13.6. The van der Waals surface area contributed by atoms with E-state index in [1.165, 1.54) is 38.1 Å². The van der Waals surface area contributed by atoms with Crippen LogP contribution >= 0.6 is 0 Å². The second kappa shape index (κ2) is 9.92. The molecule has 0 radical (unpaired) electrons. The van der Waals surface area contributed by atoms with Gasteiger partial charge in [-0.15, -0.1) is 0 Å². The van der Waals surface area contributed by atoms with Crippen LogP contribution in [-0.2, 0) is 20.4 Å². The van der Waals surface area contributed by atoms with Crippen LogP contribution in [0.15, 0.2) is 30.5 Å². The zero-order valence-electron chi connectivity index (χ0n) is 18.7. The van der Waals surface area contributed by atoms with Gasteiger partial charge >= 0.3 is 18.2 Å². The molecule has 12 heteroatoms. The summed E-state index contributed by atoms with van der Waals surface area (Å²) >= 11 is 0. The summed E-state index contributed by atoms with van der Waals surface area (Å²) in [6, 6.07) is 4.37. The molecule has 1 heterocycles. The molecule has 2 aromatic rings. The summed E-state index contributed by atoms with van der Waals surface area (Å²) in [5.41, 5.74) is -2.43. The van der Waals surface area contributed by atoms with Crippen molar-refractivity contribution in [2.45, 2.75) is 52.4 Å². The fourth-order valence-corrected chi connectivity index (χ4v) is 2.66. The van der Waals surface area contributed by atoms with Crippen molar-refractivity contribution in [3.63, 3.8) is 0 Å². The summed E-state index contributed by atoms with van der Waals surface area (Å²) in [6.07, 6.45) is -4.84. The van der Waals surface area contributed by atoms with Gasteiger partial charge in [0.15, 0.2) is 5.69 Å². The fourth-order valence-electron chi connectivity index (χ4n) is 2.66. The number of carbonyl (C=O) groups excluding carboxylic acids is 3. The Morgan fingerprint density at radius 2 is 1.73 bits per heavy atom. The second-order valence-electron chi connectivity index (χ2n) is 7.94. The van der Waals surface area contributed by atoms with Gasteiger partial charge in [-0.1, -0.05) is 0 Å². The lowest BCUT2D eigenvalue weighted by atomic mass is 10.2. The van der Waals surface area contributed by atoms with E-state index in [-0.39, 0.29) is 18.0 Å². The van der Waals surface area contributed by atoms with Crippen molar-refractivity contribution in [2.75, 3.05) is 11.9 Å². The van der Waals surface area contributed by atoms with Gasteiger partial charge < -0.3 is 20.1 Å². The molecular weight excluding hydrogens is 445 g/mol. The highest BCUT2D eigenvalue weighted by molar-refractivity contribution is 5.96. The first-order valence-corrected chi connectivity index (χ1v) is 9.96. The van der Waals surface area contributed by atoms with Crippen LogP contribution in [0.3, 0.4) is 0 Å². The van der Waals surface area contributed by atoms with E-state index in [0.29, 0.717) is 4.68 Å². The Morgan fingerprint density at radius 1 is 1.12 bits per heavy atom. The number of nitrogens with one attached hydrogen (secondary N) is 2. The molecule has 2 amide bonds. The third-order valence-electron chi connectivity index (χ3n) is 4.04. The van der Waals surface area contributed by atoms with E-state index in [1.807, 2.05) is 0 Å². The predicted octanol–water partition coefficient (Wildman–Crippen LogP) is 3.92. The maximum atomic E-state index is 13.6. The first kappa shape index (κ1) is 25.7. The van der Waals surface area contributed by atoms with Crippen LogP contribution in [0.25, 0.3) is 5.69 Å². The normalized spacial score (nSPS) is 12.6. The van der Waals surface area contributed by atoms with Crippen molar-refractivity contribution in [3.05, 3.63) is 41.7 Å². The number of carbonyl (C=O) groups is 3. The lowest BCUT2D eigenvalue weighted by molar-refractivity contribution is -0.143. The minimum absolute atomic E-state index is 0.0100. The highest BCUT2D eigenvalue weighted by Gasteiger charge is 2.41. The molecule has 1 aromatic carbocycles. The third kappa shape index (κ3) is 6.96. The van der Waals surface area contributed by atoms with E-state index >= 15 is 0 Å². The number of amides is 2. The van der Waals surface area contributed by atoms with Gasteiger partial charge in [0.25, 0.3) is 0 Å². The monoisotopic (exact) mass is 470 g/mol. The molecule has 33 heavy (non-hydrogen) atoms. The Bertz CT molecular complexity index is 1010. The van der Waals surface area contributed by atoms with E-state index in [4.69, 9.17) is 4.74 Å². The molecule has 0 unspecified atom stereocenters. The minimum atomic E-state index is -4.87. The third-order valence-corrected chi connectivity index (χ3v) is 4.04. The Kier molecular flexibility index (Phi) is 7.72. The summed E-state index contributed by atoms with van der Waals surface area (Å²) in [4.78, 5) is 36.0. The quantitative estimate of drug-likeness (QED) is 0.619. The zero-order valence-corrected chi connectivity index (χ0v) is 18.7. The van der Waals surface area contributed by atoms with Crippen molar-refractivity contribution >= 4 is 23.7 Å². The van der Waals surface area contributed by atoms with Crippen LogP contribution in [0.2, 0.25) is 0 Å². The number of alkyl halides is 3. The molecular formula is C21H25F3N4O5. The van der Waals surface area contributed by atoms with Gasteiger partial charge in [0, 0.05) is 5.69 Å². The lowest BCUT2D eigenvalue weighted by Crippen LogP contribution is -2.43. The van der Waals surface area contributed by atoms with Crippen LogP contribution < -0.4 is 10.6 Å². The number of esters is 1. The number of hydrogen-bond acceptors (Lipinski definition) is 6. The van der Waals surface area contributed by atoms with Gasteiger partial charge in [0.2, 0.25) is 5.91 Å². The molecule has 2 N–H and O–H groups in total. The zero-order chi connectivity index (χ0) is 25.0. The van der Waals surface area contributed by atoms with Crippen LogP contribution in [0.1, 0.15) is 50.7 Å². The average Bonchev–Trinajstić information content (AvgIpc) is 3.13. The number of alkyl carbamates (subject to hydrolysis) is 1. The summed E-state index contributed by atoms with van der Waals surface area (Å²) in [6.45, 7) is 7.88. The molecule has 1 aromatic heterocycles. The fraction of sp³-hybridized carbons (Fsp3) is 0.429. The smallest absolute Gasteiger partial charge is 0.434 e. The SMILES string of the molecule is CCOC(=O)c1cnn(-c2ccc(NC(=O)[C@@H](C)NC(=O)OC(C)(C)C)cc2)c1C(F)(F)F. The standard InChI is InChI=1S/C21H25F3N4O5/c1-6-32-18(30)15-11-25-28(16(15)21(22,23)24)14-9-7-13(8-10-14)27-17(29)12(2)26-19(31)33-20(3,4)5/h7-12H,6H2,1-5H3,(H,26,31)(H,27,29)/t12-/m1/s1. The van der Waals surface area contributed by atoms with Crippen LogP contribution in [0, 0.1) is 0 Å². The number of halogens is 3. The topological polar surface area (TPSA) is 112 Å². The molecule has 0 saturated carbocycles. The maximum Gasteiger partial charge on any atom is 0.434 e. The van der Waals surface area contributed by atoms with Crippen molar-refractivity contribution < 1.29 is 37.0 Å². The Morgan fingerprint density at radius 3 is 2.24 bits per heavy atom. The van der Waals surface area contributed by atoms with Gasteiger partial charge in [0.1, 0.15) is 17.2 Å². The molecule has 0 spiro atoms. The molecule has 0 aliphatic rings. The number of anilines is 1. The Balaban J connectivity index is 2.17. The van der Waals surface area contributed by atoms with Gasteiger partial charge in [0.05, 0.1) is 18.5 Å². The Labute approximate surface area is 188 Å². The Hall–Kier alpha value is -3.57. The average molecular weight is 470 g/mol. The number of aromatic nitrogens is 2. The van der Waals surface area contributed by atoms with E-state index in [1.54, 1.807) is 20.8 Å². The molecule has 0 aliphatic carbocycles. The molecule has 0 aliphatic heterocycles. The highest BCUT2D eigenvalue weighted by Crippen LogP contribution is 2.34. The lowest BCUT2D eigenvalue weighted by Gasteiger charge is -2.21. The van der Waals surface area contributed by atoms with E-state index in [0.717, 1.165) is 6.20 Å². The minimum Gasteiger partial charge on any atom is -0.462 e. The summed E-state index contributed by atoms with van der Waals surface area (Å²) in [7, 11) is 0. The molecule has 2 rings (SSSR count). The van der Waals surface area contributed by atoms with Crippen LogP contribution in [0.5, 0.6) is 0 Å². The number of hydrogen-bond donors (Lipinski definition) is 2. The first-order chi connectivity index (χ1) is 15.2. The molecule has 0 saturated heterocycles. The van der Waals surface area contributed by atoms with Gasteiger partial charge in [-0.25, -0.2) is 14.3 Å². The predicted molar refractivity (Wildman–Crippen MR) is 112 cm³/mol. The van der Waals surface area contributed by atoms with Gasteiger partial charge in [-0.2, -0.15) is 18.3 Å². The molecule has 0 bridgehead atoms. The van der Waals surface area contributed by atoms with Gasteiger partial charge in [-0.05, 0) is 58.9 Å². The van der Waals surface area contributed by atoms with Crippen LogP contribution in [0.4, 0.5) is 23.7 Å². The largest absolute Gasteiger partial charge is 0.462 e. The first-order valence-electron chi connectivity index (χ1n) is 9.96. The number of ether oxygens (including phenoxy) is 2.